The fourth-order valence-corrected chi connectivity index (χ4v) is 3.24. The number of nitrogens with zero attached hydrogens (tertiary/aromatic N) is 2. The van der Waals surface area contributed by atoms with Gasteiger partial charge in [0, 0.05) is 26.2 Å². The van der Waals surface area contributed by atoms with Crippen LogP contribution in [-0.2, 0) is 4.79 Å². The summed E-state index contributed by atoms with van der Waals surface area (Å²) in [7, 11) is 0. The monoisotopic (exact) mass is 344 g/mol. The van der Waals surface area contributed by atoms with Gasteiger partial charge in [-0.2, -0.15) is 0 Å². The van der Waals surface area contributed by atoms with Gasteiger partial charge in [-0.15, -0.1) is 0 Å². The smallest absolute Gasteiger partial charge is 0.320 e. The van der Waals surface area contributed by atoms with Crippen LogP contribution in [0.1, 0.15) is 26.7 Å². The number of hydrogen-bond acceptors (Lipinski definition) is 2. The molecule has 2 aliphatic rings. The normalized spacial score (nSPS) is 25.6. The molecule has 0 radical (unpaired) electrons. The first-order chi connectivity index (χ1) is 9.29. The van der Waals surface area contributed by atoms with Crippen molar-refractivity contribution in [1.82, 2.24) is 9.80 Å². The maximum Gasteiger partial charge on any atom is 0.320 e. The van der Waals surface area contributed by atoms with Crippen LogP contribution in [0.25, 0.3) is 0 Å². The highest BCUT2D eigenvalue weighted by atomic mass is 79.9. The second-order valence-electron chi connectivity index (χ2n) is 6.29. The molecule has 0 aromatic heterocycles. The van der Waals surface area contributed by atoms with Crippen molar-refractivity contribution in [2.24, 2.45) is 11.3 Å². The summed E-state index contributed by atoms with van der Waals surface area (Å²) < 4.78 is 1.15. The van der Waals surface area contributed by atoms with E-state index in [0.29, 0.717) is 19.6 Å². The summed E-state index contributed by atoms with van der Waals surface area (Å²) in [6.45, 7) is 6.60. The van der Waals surface area contributed by atoms with Gasteiger partial charge in [-0.25, -0.2) is 4.79 Å². The summed E-state index contributed by atoms with van der Waals surface area (Å²) >= 11 is 3.45. The number of carboxylic acids is 1. The number of halogens is 1. The zero-order chi connectivity index (χ0) is 14.9. The van der Waals surface area contributed by atoms with Gasteiger partial charge in [0.1, 0.15) is 0 Å². The summed E-state index contributed by atoms with van der Waals surface area (Å²) in [6.07, 6.45) is 2.99. The molecule has 2 amide bonds. The second kappa shape index (κ2) is 5.76. The summed E-state index contributed by atoms with van der Waals surface area (Å²) in [4.78, 5) is 27.0. The molecule has 1 saturated heterocycles. The van der Waals surface area contributed by atoms with Gasteiger partial charge in [-0.05, 0) is 22.2 Å². The molecule has 5 nitrogen and oxygen atoms in total. The number of urea groups is 1. The summed E-state index contributed by atoms with van der Waals surface area (Å²) in [5, 5.41) is 8.98. The van der Waals surface area contributed by atoms with Gasteiger partial charge in [0.2, 0.25) is 0 Å². The Balaban J connectivity index is 2.00. The second-order valence-corrected chi connectivity index (χ2v) is 7.31. The van der Waals surface area contributed by atoms with Gasteiger partial charge >= 0.3 is 12.0 Å². The number of amides is 2. The fourth-order valence-electron chi connectivity index (χ4n) is 2.91. The minimum absolute atomic E-state index is 0.0241. The van der Waals surface area contributed by atoms with Crippen LogP contribution in [0.4, 0.5) is 4.79 Å². The Morgan fingerprint density at radius 1 is 1.45 bits per heavy atom. The molecular formula is C14H21BrN2O3. The van der Waals surface area contributed by atoms with Crippen molar-refractivity contribution < 1.29 is 14.7 Å². The number of carbonyl (C=O) groups excluding carboxylic acids is 1. The average Bonchev–Trinajstić information content (AvgIpc) is 2.64. The van der Waals surface area contributed by atoms with E-state index < -0.39 is 5.97 Å². The molecular weight excluding hydrogens is 324 g/mol. The zero-order valence-electron chi connectivity index (χ0n) is 11.9. The highest BCUT2D eigenvalue weighted by Crippen LogP contribution is 2.37. The molecule has 1 unspecified atom stereocenters. The standard InChI is InChI=1S/C14H21BrN2O3/c1-14(2)9-17(8-10(14)7-12(18)19)13(20)16-5-3-11(15)4-6-16/h3,10H,4-9H2,1-2H3,(H,18,19). The molecule has 0 spiro atoms. The molecule has 0 aromatic rings. The van der Waals surface area contributed by atoms with E-state index in [2.05, 4.69) is 15.9 Å². The van der Waals surface area contributed by atoms with E-state index in [1.54, 1.807) is 4.90 Å². The summed E-state index contributed by atoms with van der Waals surface area (Å²) in [5.74, 6) is -0.766. The van der Waals surface area contributed by atoms with E-state index in [0.717, 1.165) is 17.4 Å². The quantitative estimate of drug-likeness (QED) is 0.837. The van der Waals surface area contributed by atoms with Crippen molar-refractivity contribution in [3.05, 3.63) is 10.6 Å². The highest BCUT2D eigenvalue weighted by molar-refractivity contribution is 9.11. The largest absolute Gasteiger partial charge is 0.481 e. The molecule has 2 heterocycles. The van der Waals surface area contributed by atoms with Crippen LogP contribution in [0.2, 0.25) is 0 Å². The first-order valence-electron chi connectivity index (χ1n) is 6.90. The van der Waals surface area contributed by atoms with Crippen molar-refractivity contribution in [2.45, 2.75) is 26.7 Å². The Bertz CT molecular complexity index is 448. The number of hydrogen-bond donors (Lipinski definition) is 1. The number of carbonyl (C=O) groups is 2. The van der Waals surface area contributed by atoms with Crippen LogP contribution in [-0.4, -0.2) is 53.1 Å². The Hall–Kier alpha value is -1.04. The lowest BCUT2D eigenvalue weighted by Crippen LogP contribution is -2.44. The maximum atomic E-state index is 12.5. The molecule has 1 N–H and O–H groups in total. The van der Waals surface area contributed by atoms with Gasteiger partial charge in [-0.1, -0.05) is 35.9 Å². The lowest BCUT2D eigenvalue weighted by Gasteiger charge is -2.30. The molecule has 1 fully saturated rings. The molecule has 0 aromatic carbocycles. The van der Waals surface area contributed by atoms with Gasteiger partial charge in [0.25, 0.3) is 0 Å². The summed E-state index contributed by atoms with van der Waals surface area (Å²) in [5.41, 5.74) is -0.139. The minimum Gasteiger partial charge on any atom is -0.481 e. The van der Waals surface area contributed by atoms with Crippen molar-refractivity contribution >= 4 is 27.9 Å². The predicted octanol–water partition coefficient (Wildman–Crippen LogP) is 2.52. The van der Waals surface area contributed by atoms with Gasteiger partial charge < -0.3 is 14.9 Å². The van der Waals surface area contributed by atoms with Crippen molar-refractivity contribution in [1.29, 1.82) is 0 Å². The highest BCUT2D eigenvalue weighted by Gasteiger charge is 2.43. The summed E-state index contributed by atoms with van der Waals surface area (Å²) in [6, 6.07) is 0.0298. The van der Waals surface area contributed by atoms with Crippen LogP contribution in [0.15, 0.2) is 10.6 Å². The third kappa shape index (κ3) is 3.34. The van der Waals surface area contributed by atoms with E-state index in [1.807, 2.05) is 24.8 Å². The average molecular weight is 345 g/mol. The van der Waals surface area contributed by atoms with E-state index in [1.165, 1.54) is 0 Å². The lowest BCUT2D eigenvalue weighted by atomic mass is 9.80. The van der Waals surface area contributed by atoms with E-state index in [-0.39, 0.29) is 23.8 Å². The Kier molecular flexibility index (Phi) is 4.42. The third-order valence-corrected chi connectivity index (χ3v) is 4.98. The van der Waals surface area contributed by atoms with Crippen LogP contribution < -0.4 is 0 Å². The van der Waals surface area contributed by atoms with E-state index in [9.17, 15) is 9.59 Å². The molecule has 2 rings (SSSR count). The van der Waals surface area contributed by atoms with Crippen LogP contribution in [0, 0.1) is 11.3 Å². The van der Waals surface area contributed by atoms with Gasteiger partial charge in [-0.3, -0.25) is 4.79 Å². The molecule has 20 heavy (non-hydrogen) atoms. The van der Waals surface area contributed by atoms with E-state index in [4.69, 9.17) is 5.11 Å². The number of rotatable bonds is 2. The topological polar surface area (TPSA) is 60.9 Å². The lowest BCUT2D eigenvalue weighted by molar-refractivity contribution is -0.138. The van der Waals surface area contributed by atoms with Gasteiger partial charge in [0.15, 0.2) is 0 Å². The number of carboxylic acid groups (broad SMARTS) is 1. The van der Waals surface area contributed by atoms with Crippen molar-refractivity contribution in [3.63, 3.8) is 0 Å². The molecule has 2 aliphatic heterocycles. The van der Waals surface area contributed by atoms with Crippen LogP contribution >= 0.6 is 15.9 Å². The van der Waals surface area contributed by atoms with Crippen LogP contribution in [0.3, 0.4) is 0 Å². The SMILES string of the molecule is CC1(C)CN(C(=O)N2CC=C(Br)CC2)CC1CC(=O)O. The molecule has 1 atom stereocenters. The first kappa shape index (κ1) is 15.4. The number of likely N-dealkylation sites (tertiary alicyclic amines) is 1. The molecule has 0 saturated carbocycles. The van der Waals surface area contributed by atoms with Crippen molar-refractivity contribution in [3.8, 4) is 0 Å². The maximum absolute atomic E-state index is 12.5. The van der Waals surface area contributed by atoms with Gasteiger partial charge in [0.05, 0.1) is 6.42 Å². The zero-order valence-corrected chi connectivity index (χ0v) is 13.5. The minimum atomic E-state index is -0.790. The Morgan fingerprint density at radius 2 is 2.15 bits per heavy atom. The molecule has 112 valence electrons. The number of aliphatic carboxylic acids is 1. The molecule has 0 aliphatic carbocycles. The van der Waals surface area contributed by atoms with E-state index >= 15 is 0 Å². The molecule has 0 bridgehead atoms. The third-order valence-electron chi connectivity index (χ3n) is 4.26. The van der Waals surface area contributed by atoms with Crippen LogP contribution in [0.5, 0.6) is 0 Å². The Morgan fingerprint density at radius 3 is 2.70 bits per heavy atom. The predicted molar refractivity (Wildman–Crippen MR) is 79.7 cm³/mol. The Labute approximate surface area is 127 Å². The van der Waals surface area contributed by atoms with Crippen molar-refractivity contribution in [2.75, 3.05) is 26.2 Å². The molecule has 6 heteroatoms. The fraction of sp³-hybridized carbons (Fsp3) is 0.714. The first-order valence-corrected chi connectivity index (χ1v) is 7.69.